The van der Waals surface area contributed by atoms with Crippen LogP contribution in [-0.2, 0) is 5.75 Å². The Bertz CT molecular complexity index is 520. The molecule has 1 heterocycles. The van der Waals surface area contributed by atoms with Crippen molar-refractivity contribution < 1.29 is 13.9 Å². The van der Waals surface area contributed by atoms with E-state index in [0.717, 1.165) is 17.3 Å². The minimum absolute atomic E-state index is 0.0267. The molecule has 0 atom stereocenters. The lowest BCUT2D eigenvalue weighted by molar-refractivity contribution is 0.101. The quantitative estimate of drug-likeness (QED) is 0.569. The third kappa shape index (κ3) is 4.17. The van der Waals surface area contributed by atoms with Crippen molar-refractivity contribution in [2.45, 2.75) is 12.7 Å². The Morgan fingerprint density at radius 3 is 2.84 bits per heavy atom. The predicted molar refractivity (Wildman–Crippen MR) is 76.8 cm³/mol. The van der Waals surface area contributed by atoms with Crippen LogP contribution in [0.15, 0.2) is 47.1 Å². The smallest absolute Gasteiger partial charge is 0.163 e. The van der Waals surface area contributed by atoms with Crippen LogP contribution in [0.5, 0.6) is 5.75 Å². The lowest BCUT2D eigenvalue weighted by Crippen LogP contribution is -2.04. The minimum atomic E-state index is 0.0267. The van der Waals surface area contributed by atoms with E-state index < -0.39 is 0 Å². The van der Waals surface area contributed by atoms with Gasteiger partial charge in [0.1, 0.15) is 11.5 Å². The molecule has 3 nitrogen and oxygen atoms in total. The number of hydrogen-bond acceptors (Lipinski definition) is 4. The molecule has 19 heavy (non-hydrogen) atoms. The molecule has 0 spiro atoms. The Labute approximate surface area is 117 Å². The summed E-state index contributed by atoms with van der Waals surface area (Å²) in [5, 5.41) is 0. The number of carbonyl (C=O) groups is 1. The van der Waals surface area contributed by atoms with Crippen molar-refractivity contribution in [3.05, 3.63) is 54.0 Å². The first-order valence-corrected chi connectivity index (χ1v) is 7.26. The molecule has 0 N–H and O–H groups in total. The highest BCUT2D eigenvalue weighted by molar-refractivity contribution is 7.98. The monoisotopic (exact) mass is 276 g/mol. The summed E-state index contributed by atoms with van der Waals surface area (Å²) in [4.78, 5) is 11.4. The van der Waals surface area contributed by atoms with Gasteiger partial charge in [-0.1, -0.05) is 12.1 Å². The summed E-state index contributed by atoms with van der Waals surface area (Å²) in [5.74, 6) is 3.35. The van der Waals surface area contributed by atoms with Crippen molar-refractivity contribution in [1.82, 2.24) is 0 Å². The van der Waals surface area contributed by atoms with Crippen LogP contribution in [0.25, 0.3) is 0 Å². The van der Waals surface area contributed by atoms with Crippen molar-refractivity contribution in [1.29, 1.82) is 0 Å². The average Bonchev–Trinajstić information content (AvgIpc) is 2.92. The summed E-state index contributed by atoms with van der Waals surface area (Å²) < 4.78 is 10.9. The molecule has 100 valence electrons. The fourth-order valence-electron chi connectivity index (χ4n) is 1.66. The van der Waals surface area contributed by atoms with Crippen molar-refractivity contribution in [3.63, 3.8) is 0 Å². The summed E-state index contributed by atoms with van der Waals surface area (Å²) in [7, 11) is 0. The van der Waals surface area contributed by atoms with Crippen LogP contribution in [0.1, 0.15) is 23.0 Å². The van der Waals surface area contributed by atoms with Gasteiger partial charge in [0.25, 0.3) is 0 Å². The van der Waals surface area contributed by atoms with Crippen LogP contribution in [0.3, 0.4) is 0 Å². The number of rotatable bonds is 7. The molecule has 1 aromatic heterocycles. The Morgan fingerprint density at radius 2 is 2.11 bits per heavy atom. The van der Waals surface area contributed by atoms with E-state index in [9.17, 15) is 4.79 Å². The molecule has 0 saturated heterocycles. The summed E-state index contributed by atoms with van der Waals surface area (Å²) >= 11 is 1.74. The van der Waals surface area contributed by atoms with Gasteiger partial charge in [-0.3, -0.25) is 4.79 Å². The largest absolute Gasteiger partial charge is 0.492 e. The zero-order chi connectivity index (χ0) is 13.5. The van der Waals surface area contributed by atoms with Crippen LogP contribution in [-0.4, -0.2) is 18.1 Å². The number of carbonyl (C=O) groups excluding carboxylic acids is 1. The zero-order valence-corrected chi connectivity index (χ0v) is 11.6. The van der Waals surface area contributed by atoms with Crippen LogP contribution in [0, 0.1) is 0 Å². The second-order valence-corrected chi connectivity index (χ2v) is 5.14. The highest BCUT2D eigenvalue weighted by Crippen LogP contribution is 2.19. The van der Waals surface area contributed by atoms with Gasteiger partial charge < -0.3 is 9.15 Å². The normalized spacial score (nSPS) is 10.4. The average molecular weight is 276 g/mol. The Kier molecular flexibility index (Phi) is 5.10. The van der Waals surface area contributed by atoms with E-state index in [0.29, 0.717) is 17.9 Å². The first-order chi connectivity index (χ1) is 9.27. The predicted octanol–water partition coefficient (Wildman–Crippen LogP) is 3.79. The van der Waals surface area contributed by atoms with E-state index in [4.69, 9.17) is 9.15 Å². The molecule has 0 amide bonds. The van der Waals surface area contributed by atoms with Crippen LogP contribution < -0.4 is 4.74 Å². The lowest BCUT2D eigenvalue weighted by atomic mass is 10.1. The van der Waals surface area contributed by atoms with Gasteiger partial charge in [-0.2, -0.15) is 11.8 Å². The number of ether oxygens (including phenoxy) is 1. The second kappa shape index (κ2) is 7.04. The summed E-state index contributed by atoms with van der Waals surface area (Å²) in [6.45, 7) is 2.13. The molecule has 1 aromatic carbocycles. The minimum Gasteiger partial charge on any atom is -0.492 e. The van der Waals surface area contributed by atoms with Crippen LogP contribution in [0.2, 0.25) is 0 Å². The molecule has 0 saturated carbocycles. The van der Waals surface area contributed by atoms with E-state index in [1.165, 1.54) is 0 Å². The van der Waals surface area contributed by atoms with E-state index in [2.05, 4.69) is 0 Å². The fourth-order valence-corrected chi connectivity index (χ4v) is 2.37. The third-order valence-corrected chi connectivity index (χ3v) is 3.52. The summed E-state index contributed by atoms with van der Waals surface area (Å²) in [5.41, 5.74) is 0.638. The standard InChI is InChI=1S/C15H16O3S/c1-12(16)14-6-2-3-7-15(14)18-9-10-19-11-13-5-4-8-17-13/h2-8H,9-11H2,1H3. The number of hydrogen-bond donors (Lipinski definition) is 0. The first-order valence-electron chi connectivity index (χ1n) is 6.10. The Morgan fingerprint density at radius 1 is 1.26 bits per heavy atom. The highest BCUT2D eigenvalue weighted by atomic mass is 32.2. The van der Waals surface area contributed by atoms with E-state index in [1.807, 2.05) is 30.3 Å². The van der Waals surface area contributed by atoms with E-state index >= 15 is 0 Å². The van der Waals surface area contributed by atoms with Gasteiger partial charge in [-0.15, -0.1) is 0 Å². The van der Waals surface area contributed by atoms with Crippen LogP contribution >= 0.6 is 11.8 Å². The second-order valence-electron chi connectivity index (χ2n) is 4.03. The Balaban J connectivity index is 1.75. The molecule has 2 rings (SSSR count). The van der Waals surface area contributed by atoms with E-state index in [1.54, 1.807) is 31.0 Å². The van der Waals surface area contributed by atoms with Crippen molar-refractivity contribution >= 4 is 17.5 Å². The molecule has 0 bridgehead atoms. The van der Waals surface area contributed by atoms with Crippen LogP contribution in [0.4, 0.5) is 0 Å². The zero-order valence-electron chi connectivity index (χ0n) is 10.8. The number of ketones is 1. The van der Waals surface area contributed by atoms with Gasteiger partial charge in [0, 0.05) is 5.75 Å². The molecule has 2 aromatic rings. The SMILES string of the molecule is CC(=O)c1ccccc1OCCSCc1ccco1. The lowest BCUT2D eigenvalue weighted by Gasteiger charge is -2.09. The molecule has 0 aliphatic rings. The number of Topliss-reactive ketones (excluding diaryl/α,β-unsaturated/α-hetero) is 1. The Hall–Kier alpha value is -1.68. The van der Waals surface area contributed by atoms with Gasteiger partial charge in [-0.05, 0) is 31.2 Å². The van der Waals surface area contributed by atoms with Gasteiger partial charge >= 0.3 is 0 Å². The van der Waals surface area contributed by atoms with Gasteiger partial charge in [0.2, 0.25) is 0 Å². The molecule has 0 aliphatic carbocycles. The van der Waals surface area contributed by atoms with Gasteiger partial charge in [0.05, 0.1) is 24.2 Å². The maximum absolute atomic E-state index is 11.4. The van der Waals surface area contributed by atoms with Crippen molar-refractivity contribution in [3.8, 4) is 5.75 Å². The third-order valence-electron chi connectivity index (χ3n) is 2.58. The molecule has 0 aliphatic heterocycles. The van der Waals surface area contributed by atoms with Gasteiger partial charge in [0.15, 0.2) is 5.78 Å². The molecular weight excluding hydrogens is 260 g/mol. The summed E-state index contributed by atoms with van der Waals surface area (Å²) in [6, 6.07) is 11.2. The van der Waals surface area contributed by atoms with Crippen molar-refractivity contribution in [2.24, 2.45) is 0 Å². The number of benzene rings is 1. The van der Waals surface area contributed by atoms with E-state index in [-0.39, 0.29) is 5.78 Å². The summed E-state index contributed by atoms with van der Waals surface area (Å²) in [6.07, 6.45) is 1.68. The topological polar surface area (TPSA) is 39.4 Å². The molecular formula is C15H16O3S. The maximum atomic E-state index is 11.4. The van der Waals surface area contributed by atoms with Gasteiger partial charge in [-0.25, -0.2) is 0 Å². The molecule has 0 unspecified atom stereocenters. The number of furan rings is 1. The molecule has 0 fully saturated rings. The molecule has 4 heteroatoms. The number of para-hydroxylation sites is 1. The maximum Gasteiger partial charge on any atom is 0.163 e. The molecule has 0 radical (unpaired) electrons. The highest BCUT2D eigenvalue weighted by Gasteiger charge is 2.06. The number of thioether (sulfide) groups is 1. The van der Waals surface area contributed by atoms with Crippen molar-refractivity contribution in [2.75, 3.05) is 12.4 Å². The first kappa shape index (κ1) is 13.7. The fraction of sp³-hybridized carbons (Fsp3) is 0.267.